The summed E-state index contributed by atoms with van der Waals surface area (Å²) in [6.45, 7) is 0.788. The maximum atomic E-state index is 12.0. The molecular weight excluding hydrogens is 400 g/mol. The number of carbonyl (C=O) groups excluding carboxylic acids is 1. The van der Waals surface area contributed by atoms with Crippen molar-refractivity contribution in [1.29, 1.82) is 0 Å². The molecule has 0 bridgehead atoms. The van der Waals surface area contributed by atoms with Gasteiger partial charge in [-0.25, -0.2) is 4.79 Å². The van der Waals surface area contributed by atoms with Gasteiger partial charge >= 0.3 is 5.97 Å². The summed E-state index contributed by atoms with van der Waals surface area (Å²) in [7, 11) is 0. The van der Waals surface area contributed by atoms with Crippen LogP contribution in [0.3, 0.4) is 0 Å². The first-order valence-electron chi connectivity index (χ1n) is 10.5. The Bertz CT molecular complexity index is 510. The predicted molar refractivity (Wildman–Crippen MR) is 105 cm³/mol. The van der Waals surface area contributed by atoms with Crippen LogP contribution in [-0.4, -0.2) is 95.6 Å². The Kier molecular flexibility index (Phi) is 13.6. The molecule has 5 N–H and O–H groups in total. The molecule has 10 heteroatoms. The zero-order valence-corrected chi connectivity index (χ0v) is 17.6. The third kappa shape index (κ3) is 9.59. The van der Waals surface area contributed by atoms with Gasteiger partial charge in [0.1, 0.15) is 31.5 Å². The Balaban J connectivity index is 2.49. The van der Waals surface area contributed by atoms with Gasteiger partial charge in [0.05, 0.1) is 19.8 Å². The number of cyclic esters (lactones) is 1. The molecule has 176 valence electrons. The Morgan fingerprint density at radius 3 is 2.23 bits per heavy atom. The van der Waals surface area contributed by atoms with Crippen LogP contribution in [0.15, 0.2) is 11.5 Å². The zero-order chi connectivity index (χ0) is 22.4. The number of esters is 1. The highest BCUT2D eigenvalue weighted by Crippen LogP contribution is 2.27. The summed E-state index contributed by atoms with van der Waals surface area (Å²) in [6, 6.07) is 0. The van der Waals surface area contributed by atoms with Crippen molar-refractivity contribution >= 4 is 5.97 Å². The number of carbonyl (C=O) groups is 1. The number of unbranched alkanes of at least 4 members (excludes halogenated alkanes) is 5. The number of aliphatic hydroxyl groups excluding tert-OH is 5. The van der Waals surface area contributed by atoms with Crippen LogP contribution in [0.2, 0.25) is 0 Å². The third-order valence-corrected chi connectivity index (χ3v) is 4.45. The van der Waals surface area contributed by atoms with Crippen molar-refractivity contribution < 1.29 is 49.3 Å². The minimum absolute atomic E-state index is 0.0314. The monoisotopic (exact) mass is 436 g/mol. The van der Waals surface area contributed by atoms with Gasteiger partial charge in [-0.2, -0.15) is 0 Å². The summed E-state index contributed by atoms with van der Waals surface area (Å²) < 4.78 is 21.0. The van der Waals surface area contributed by atoms with E-state index in [1.54, 1.807) is 0 Å². The first-order chi connectivity index (χ1) is 14.4. The molecule has 0 saturated heterocycles. The predicted octanol–water partition coefficient (Wildman–Crippen LogP) is -0.399. The highest BCUT2D eigenvalue weighted by molar-refractivity contribution is 5.89. The van der Waals surface area contributed by atoms with Crippen LogP contribution in [-0.2, 0) is 23.7 Å². The van der Waals surface area contributed by atoms with E-state index in [0.29, 0.717) is 6.61 Å². The van der Waals surface area contributed by atoms with Crippen LogP contribution in [0.5, 0.6) is 0 Å². The molecule has 0 aliphatic carbocycles. The van der Waals surface area contributed by atoms with Crippen molar-refractivity contribution in [2.75, 3.05) is 39.6 Å². The van der Waals surface area contributed by atoms with Crippen LogP contribution in [0.25, 0.3) is 0 Å². The first-order valence-corrected chi connectivity index (χ1v) is 10.5. The van der Waals surface area contributed by atoms with Crippen molar-refractivity contribution in [3.05, 3.63) is 11.5 Å². The molecule has 0 amide bonds. The molecule has 0 aromatic carbocycles. The van der Waals surface area contributed by atoms with Gasteiger partial charge in [-0.1, -0.05) is 39.0 Å². The molecule has 1 rings (SSSR count). The van der Waals surface area contributed by atoms with Gasteiger partial charge in [0, 0.05) is 6.61 Å². The fourth-order valence-electron chi connectivity index (χ4n) is 2.75. The number of rotatable bonds is 18. The molecule has 30 heavy (non-hydrogen) atoms. The Morgan fingerprint density at radius 1 is 0.900 bits per heavy atom. The molecular formula is C20H36O10. The molecule has 1 aliphatic heterocycles. The van der Waals surface area contributed by atoms with Gasteiger partial charge in [-0.3, -0.25) is 0 Å². The Hall–Kier alpha value is -1.43. The zero-order valence-electron chi connectivity index (χ0n) is 17.6. The molecule has 10 nitrogen and oxygen atoms in total. The van der Waals surface area contributed by atoms with Gasteiger partial charge in [0.25, 0.3) is 0 Å². The van der Waals surface area contributed by atoms with Crippen LogP contribution in [0.1, 0.15) is 45.4 Å². The number of hydrogen-bond acceptors (Lipinski definition) is 10. The van der Waals surface area contributed by atoms with E-state index in [1.165, 1.54) is 19.3 Å². The Morgan fingerprint density at radius 2 is 1.57 bits per heavy atom. The molecule has 0 aromatic rings. The summed E-state index contributed by atoms with van der Waals surface area (Å²) in [5, 5.41) is 47.3. The lowest BCUT2D eigenvalue weighted by Gasteiger charge is -2.20. The molecule has 4 atom stereocenters. The minimum Gasteiger partial charge on any atom is -0.487 e. The smallest absolute Gasteiger partial charge is 0.378 e. The van der Waals surface area contributed by atoms with Crippen molar-refractivity contribution in [3.8, 4) is 0 Å². The number of ether oxygens (including phenoxy) is 4. The summed E-state index contributed by atoms with van der Waals surface area (Å²) in [4.78, 5) is 12.0. The highest BCUT2D eigenvalue weighted by atomic mass is 16.6. The van der Waals surface area contributed by atoms with E-state index in [9.17, 15) is 20.1 Å². The van der Waals surface area contributed by atoms with E-state index < -0.39 is 50.2 Å². The third-order valence-electron chi connectivity index (χ3n) is 4.45. The molecule has 1 aliphatic rings. The largest absolute Gasteiger partial charge is 0.487 e. The SMILES string of the molecule is CCCCCCCCOCC(O)COC1=C(OCC(O)CO)C(=O)O[C@@H]1[C@@H](O)CO. The molecule has 0 radical (unpaired) electrons. The van der Waals surface area contributed by atoms with E-state index in [-0.39, 0.29) is 24.7 Å². The van der Waals surface area contributed by atoms with Crippen molar-refractivity contribution in [2.45, 2.75) is 69.9 Å². The first kappa shape index (κ1) is 26.6. The normalized spacial score (nSPS) is 19.5. The summed E-state index contributed by atoms with van der Waals surface area (Å²) in [6.07, 6.45) is 1.79. The standard InChI is InChI=1S/C20H36O10/c1-2-3-4-5-6-7-8-27-11-15(24)13-28-18-17(16(25)10-22)30-20(26)19(18)29-12-14(23)9-21/h14-17,21-25H,2-13H2,1H3/t14?,15?,16-,17+/m0/s1. The molecule has 0 saturated carbocycles. The van der Waals surface area contributed by atoms with Crippen molar-refractivity contribution in [1.82, 2.24) is 0 Å². The maximum Gasteiger partial charge on any atom is 0.378 e. The van der Waals surface area contributed by atoms with E-state index in [2.05, 4.69) is 6.92 Å². The highest BCUT2D eigenvalue weighted by Gasteiger charge is 2.42. The second-order valence-electron chi connectivity index (χ2n) is 7.22. The molecule has 0 aromatic heterocycles. The van der Waals surface area contributed by atoms with Crippen LogP contribution in [0, 0.1) is 0 Å². The maximum absolute atomic E-state index is 12.0. The lowest BCUT2D eigenvalue weighted by atomic mass is 10.1. The van der Waals surface area contributed by atoms with Crippen LogP contribution < -0.4 is 0 Å². The summed E-state index contributed by atoms with van der Waals surface area (Å²) in [5.41, 5.74) is 0. The van der Waals surface area contributed by atoms with Gasteiger partial charge in [-0.05, 0) is 6.42 Å². The summed E-state index contributed by atoms with van der Waals surface area (Å²) >= 11 is 0. The van der Waals surface area contributed by atoms with Gasteiger partial charge in [0.15, 0.2) is 11.9 Å². The molecule has 0 fully saturated rings. The minimum atomic E-state index is -1.45. The topological polar surface area (TPSA) is 155 Å². The second-order valence-corrected chi connectivity index (χ2v) is 7.22. The summed E-state index contributed by atoms with van der Waals surface area (Å²) in [5.74, 6) is -1.52. The van der Waals surface area contributed by atoms with Crippen molar-refractivity contribution in [2.24, 2.45) is 0 Å². The van der Waals surface area contributed by atoms with Gasteiger partial charge in [-0.15, -0.1) is 0 Å². The average molecular weight is 436 g/mol. The van der Waals surface area contributed by atoms with Crippen LogP contribution >= 0.6 is 0 Å². The molecule has 0 spiro atoms. The van der Waals surface area contributed by atoms with E-state index in [4.69, 9.17) is 29.2 Å². The second kappa shape index (κ2) is 15.4. The average Bonchev–Trinajstić information content (AvgIpc) is 3.06. The fraction of sp³-hybridized carbons (Fsp3) is 0.850. The quantitative estimate of drug-likeness (QED) is 0.142. The fourth-order valence-corrected chi connectivity index (χ4v) is 2.75. The number of aliphatic hydroxyl groups is 5. The van der Waals surface area contributed by atoms with E-state index >= 15 is 0 Å². The lowest BCUT2D eigenvalue weighted by Crippen LogP contribution is -2.33. The molecule has 1 heterocycles. The van der Waals surface area contributed by atoms with Crippen LogP contribution in [0.4, 0.5) is 0 Å². The Labute approximate surface area is 177 Å². The van der Waals surface area contributed by atoms with Gasteiger partial charge < -0.3 is 44.5 Å². The lowest BCUT2D eigenvalue weighted by molar-refractivity contribution is -0.149. The molecule has 2 unspecified atom stereocenters. The van der Waals surface area contributed by atoms with E-state index in [1.807, 2.05) is 0 Å². The van der Waals surface area contributed by atoms with E-state index in [0.717, 1.165) is 19.3 Å². The number of hydrogen-bond donors (Lipinski definition) is 5. The van der Waals surface area contributed by atoms with Crippen molar-refractivity contribution in [3.63, 3.8) is 0 Å². The van der Waals surface area contributed by atoms with Gasteiger partial charge in [0.2, 0.25) is 5.76 Å².